The van der Waals surface area contributed by atoms with E-state index in [1.165, 1.54) is 48.5 Å². The molecule has 4 heterocycles. The molecule has 0 fully saturated rings. The maximum absolute atomic E-state index is 10.3. The van der Waals surface area contributed by atoms with Crippen LogP contribution >= 0.6 is 0 Å². The number of aliphatic hydroxyl groups excluding tert-OH is 2. The Kier molecular flexibility index (Phi) is 23.5. The van der Waals surface area contributed by atoms with E-state index < -0.39 is 24.5 Å². The van der Waals surface area contributed by atoms with Crippen molar-refractivity contribution in [2.24, 2.45) is 0 Å². The van der Waals surface area contributed by atoms with Gasteiger partial charge in [-0.25, -0.2) is 9.59 Å². The van der Waals surface area contributed by atoms with Crippen LogP contribution in [0.25, 0.3) is 45.6 Å². The zero-order chi connectivity index (χ0) is 49.0. The third-order valence-corrected chi connectivity index (χ3v) is 9.39. The van der Waals surface area contributed by atoms with Crippen molar-refractivity contribution >= 4 is 111 Å². The third-order valence-electron chi connectivity index (χ3n) is 9.39. The summed E-state index contributed by atoms with van der Waals surface area (Å²) < 4.78 is 0. The number of aromatic hydroxyl groups is 4. The number of benzene rings is 6. The summed E-state index contributed by atoms with van der Waals surface area (Å²) in [5.74, 6) is -2.82. The summed E-state index contributed by atoms with van der Waals surface area (Å²) in [6.45, 7) is 0. The Morgan fingerprint density at radius 3 is 0.800 bits per heavy atom. The molecule has 6 aromatic carbocycles. The minimum absolute atomic E-state index is 0. The molecule has 10 rings (SSSR count). The van der Waals surface area contributed by atoms with E-state index in [1.54, 1.807) is 73.3 Å². The van der Waals surface area contributed by atoms with Gasteiger partial charge in [0, 0.05) is 11.1 Å². The molecule has 0 spiro atoms. The molecule has 18 heteroatoms. The quantitative estimate of drug-likeness (QED) is 0.0645. The number of carboxylic acid groups (broad SMARTS) is 2. The summed E-state index contributed by atoms with van der Waals surface area (Å²) in [6.07, 6.45) is 20.0. The Morgan fingerprint density at radius 2 is 0.600 bits per heavy atom. The summed E-state index contributed by atoms with van der Waals surface area (Å²) in [7, 11) is 0. The average Bonchev–Trinajstić information content (AvgIpc) is 3.35. The molecule has 0 saturated carbocycles. The molecule has 0 atom stereocenters. The fourth-order valence-corrected chi connectivity index (χ4v) is 6.08. The molecule has 6 aromatic rings. The topological polar surface area (TPSA) is 293 Å². The number of para-hydroxylation sites is 4. The molecule has 4 aliphatic heterocycles. The number of phenols is 4. The van der Waals surface area contributed by atoms with Gasteiger partial charge in [-0.15, -0.1) is 22.7 Å². The van der Waals surface area contributed by atoms with Crippen molar-refractivity contribution in [1.82, 2.24) is 0 Å². The molecule has 70 heavy (non-hydrogen) atoms. The van der Waals surface area contributed by atoms with Gasteiger partial charge in [-0.05, 0) is 57.3 Å². The fraction of sp³-hybridized carbons (Fsp3) is 0.0385. The first-order valence-corrected chi connectivity index (χ1v) is 20.2. The molecule has 16 nitrogen and oxygen atoms in total. The van der Waals surface area contributed by atoms with Crippen molar-refractivity contribution in [2.75, 3.05) is 0 Å². The smallest absolute Gasteiger partial charge is 0.665 e. The summed E-state index contributed by atoms with van der Waals surface area (Å²) in [5.41, 5.74) is 4.03. The third kappa shape index (κ3) is 16.4. The van der Waals surface area contributed by atoms with Gasteiger partial charge in [0.05, 0.1) is 0 Å². The molecule has 4 aliphatic rings. The average molecular weight is 1330 g/mol. The van der Waals surface area contributed by atoms with E-state index in [9.17, 15) is 9.59 Å². The van der Waals surface area contributed by atoms with Gasteiger partial charge in [0.2, 0.25) is 0 Å². The molecule has 0 aliphatic carbocycles. The number of fused-ring (bicyclic) bond motifs is 6. The van der Waals surface area contributed by atoms with Crippen LogP contribution < -0.4 is 20.9 Å². The number of nitrogens with zero attached hydrogens (tertiary/aromatic N) is 4. The SMILES string of the molecule is C1=C[N-]c2c3c(ccc2=C1)=CC=C[N-]3.C1=C[N-]c2c3c(ccc2=C1)=CC=C[N-]3.O=C(O)c1ccccc1O.O=C(O)c1ccccc1O.Oc1ccccc1C(O)O.Oc1ccccc1C(O)O.[Bi+2].[Bi+2]. The van der Waals surface area contributed by atoms with Gasteiger partial charge in [0.15, 0.2) is 12.6 Å². The van der Waals surface area contributed by atoms with Gasteiger partial charge >= 0.3 is 64.3 Å². The summed E-state index contributed by atoms with van der Waals surface area (Å²) in [5, 5.41) is 109. The molecule has 10 N–H and O–H groups in total. The van der Waals surface area contributed by atoms with E-state index in [1.807, 2.05) is 24.3 Å². The number of allylic oxidation sites excluding steroid dienone is 4. The Morgan fingerprint density at radius 1 is 0.357 bits per heavy atom. The summed E-state index contributed by atoms with van der Waals surface area (Å²) in [4.78, 5) is 20.5. The largest absolute Gasteiger partial charge is 2.00 e. The van der Waals surface area contributed by atoms with Crippen LogP contribution in [0.1, 0.15) is 44.4 Å². The first kappa shape index (κ1) is 57.0. The zero-order valence-corrected chi connectivity index (χ0v) is 43.6. The molecule has 0 saturated heterocycles. The van der Waals surface area contributed by atoms with Crippen molar-refractivity contribution in [1.29, 1.82) is 0 Å². The van der Waals surface area contributed by atoms with Gasteiger partial charge in [-0.1, -0.05) is 134 Å². The number of aromatic carboxylic acids is 2. The van der Waals surface area contributed by atoms with E-state index in [0.29, 0.717) is 0 Å². The Labute approximate surface area is 439 Å². The monoisotopic (exact) mass is 1330 g/mol. The number of rotatable bonds is 4. The first-order chi connectivity index (χ1) is 32.8. The molecule has 0 unspecified atom stereocenters. The molecule has 6 radical (unpaired) electrons. The predicted octanol–water partition coefficient (Wildman–Crippen LogP) is 6.80. The standard InChI is InChI=1S/2C12H8N2.2C7H8O3.2C7H6O3.2Bi/c2*1-3-9-5-6-10-4-2-8-14-12(10)11(9)13-7-1;4*8-6-4-2-1-3-5(6)7(9)10;;/h2*1-8H;2*1-4,7-10H;2*1-4,8H,(H,9,10);;/q2*-2;;;;;2*+2. The number of hydrogen-bond acceptors (Lipinski definition) is 10. The van der Waals surface area contributed by atoms with Gasteiger partial charge < -0.3 is 72.3 Å². The number of phenolic OH excluding ortho intramolecular Hbond substituents is 2. The van der Waals surface area contributed by atoms with Crippen LogP contribution in [0.15, 0.2) is 170 Å². The molecule has 0 aromatic heterocycles. The molecule has 0 amide bonds. The normalized spacial score (nSPS) is 11.7. The number of hydrogen-bond donors (Lipinski definition) is 10. The van der Waals surface area contributed by atoms with Crippen molar-refractivity contribution in [2.45, 2.75) is 12.6 Å². The molecule has 0 bridgehead atoms. The number of aliphatic hydroxyl groups is 4. The van der Waals surface area contributed by atoms with Crippen LogP contribution in [-0.2, 0) is 0 Å². The summed E-state index contributed by atoms with van der Waals surface area (Å²) in [6, 6.07) is 32.1. The second-order valence-corrected chi connectivity index (χ2v) is 13.9. The van der Waals surface area contributed by atoms with E-state index in [2.05, 4.69) is 69.8 Å². The van der Waals surface area contributed by atoms with Gasteiger partial charge in [-0.3, -0.25) is 0 Å². The maximum Gasteiger partial charge on any atom is 2.00 e. The van der Waals surface area contributed by atoms with Crippen LogP contribution in [0.2, 0.25) is 0 Å². The van der Waals surface area contributed by atoms with E-state index in [-0.39, 0.29) is 97.7 Å². The van der Waals surface area contributed by atoms with E-state index in [4.69, 9.17) is 51.1 Å². The predicted molar refractivity (Wildman–Crippen MR) is 270 cm³/mol. The van der Waals surface area contributed by atoms with Crippen molar-refractivity contribution in [3.63, 3.8) is 0 Å². The number of carboxylic acids is 2. The van der Waals surface area contributed by atoms with Crippen molar-refractivity contribution < 1.29 is 60.7 Å². The second-order valence-electron chi connectivity index (χ2n) is 13.9. The van der Waals surface area contributed by atoms with Gasteiger partial charge in [0.1, 0.15) is 34.1 Å². The van der Waals surface area contributed by atoms with Crippen molar-refractivity contribution in [3.8, 4) is 23.0 Å². The zero-order valence-electron chi connectivity index (χ0n) is 36.6. The van der Waals surface area contributed by atoms with Crippen molar-refractivity contribution in [3.05, 3.63) is 235 Å². The second kappa shape index (κ2) is 28.9. The first-order valence-electron chi connectivity index (χ1n) is 20.2. The Balaban J connectivity index is 0.000000223. The Bertz CT molecular complexity index is 2810. The fourth-order valence-electron chi connectivity index (χ4n) is 6.08. The molecular weight excluding hydrogens is 1290 g/mol. The molecular formula is C52H44Bi2N4O12. The van der Waals surface area contributed by atoms with Crippen LogP contribution in [0.4, 0.5) is 22.7 Å². The minimum atomic E-state index is -1.60. The summed E-state index contributed by atoms with van der Waals surface area (Å²) >= 11 is 0. The van der Waals surface area contributed by atoms with Gasteiger partial charge in [0.25, 0.3) is 0 Å². The van der Waals surface area contributed by atoms with Crippen LogP contribution in [0.3, 0.4) is 0 Å². The number of carbonyl (C=O) groups is 2. The van der Waals surface area contributed by atoms with E-state index in [0.717, 1.165) is 43.6 Å². The maximum atomic E-state index is 10.3. The van der Waals surface area contributed by atoms with E-state index >= 15 is 0 Å². The van der Waals surface area contributed by atoms with Crippen LogP contribution in [0, 0.1) is 0 Å². The minimum Gasteiger partial charge on any atom is -0.665 e. The Hall–Kier alpha value is -7.29. The van der Waals surface area contributed by atoms with Gasteiger partial charge in [-0.2, -0.15) is 24.8 Å². The molecule has 354 valence electrons. The van der Waals surface area contributed by atoms with Crippen LogP contribution in [-0.4, -0.2) is 115 Å². The van der Waals surface area contributed by atoms with Crippen LogP contribution in [0.5, 0.6) is 23.0 Å².